The molecule has 0 bridgehead atoms. The van der Waals surface area contributed by atoms with Gasteiger partial charge in [-0.1, -0.05) is 78.1 Å². The first-order valence-corrected chi connectivity index (χ1v) is 14.9. The number of sulfonamides is 1. The average Bonchev–Trinajstić information content (AvgIpc) is 2.91. The molecule has 11 heteroatoms. The van der Waals surface area contributed by atoms with Crippen LogP contribution in [0.2, 0.25) is 15.1 Å². The van der Waals surface area contributed by atoms with Crippen molar-refractivity contribution in [3.05, 3.63) is 99.0 Å². The maximum absolute atomic E-state index is 13.9. The van der Waals surface area contributed by atoms with E-state index in [9.17, 15) is 18.0 Å². The molecule has 0 aromatic heterocycles. The molecule has 0 aliphatic heterocycles. The van der Waals surface area contributed by atoms with E-state index in [0.717, 1.165) is 9.87 Å². The molecule has 0 unspecified atom stereocenters. The molecule has 0 aliphatic rings. The highest BCUT2D eigenvalue weighted by molar-refractivity contribution is 7.89. The molecule has 1 atom stereocenters. The lowest BCUT2D eigenvalue weighted by Crippen LogP contribution is -2.53. The van der Waals surface area contributed by atoms with Crippen molar-refractivity contribution in [3.8, 4) is 0 Å². The van der Waals surface area contributed by atoms with Crippen molar-refractivity contribution < 1.29 is 18.0 Å². The van der Waals surface area contributed by atoms with Gasteiger partial charge in [-0.3, -0.25) is 9.59 Å². The predicted molar refractivity (Wildman–Crippen MR) is 156 cm³/mol. The van der Waals surface area contributed by atoms with Crippen LogP contribution in [0.3, 0.4) is 0 Å². The van der Waals surface area contributed by atoms with E-state index in [1.54, 1.807) is 18.2 Å². The number of carbonyl (C=O) groups excluding carboxylic acids is 2. The van der Waals surface area contributed by atoms with Crippen molar-refractivity contribution in [1.82, 2.24) is 14.5 Å². The Bertz CT molecular complexity index is 1370. The number of rotatable bonds is 12. The van der Waals surface area contributed by atoms with Crippen LogP contribution in [0.4, 0.5) is 0 Å². The molecule has 208 valence electrons. The monoisotopic (exact) mass is 609 g/mol. The Labute approximate surface area is 244 Å². The van der Waals surface area contributed by atoms with Gasteiger partial charge in [0.2, 0.25) is 21.8 Å². The third-order valence-corrected chi connectivity index (χ3v) is 8.87. The lowest BCUT2D eigenvalue weighted by Gasteiger charge is -2.33. The van der Waals surface area contributed by atoms with Gasteiger partial charge in [0.15, 0.2) is 0 Å². The van der Waals surface area contributed by atoms with E-state index in [-0.39, 0.29) is 23.8 Å². The zero-order valence-corrected chi connectivity index (χ0v) is 24.7. The van der Waals surface area contributed by atoms with Gasteiger partial charge in [-0.25, -0.2) is 8.42 Å². The van der Waals surface area contributed by atoms with Gasteiger partial charge in [0, 0.05) is 47.2 Å². The number of likely N-dealkylation sites (N-methyl/N-ethyl adjacent to an activating group) is 1. The first-order valence-electron chi connectivity index (χ1n) is 12.3. The second kappa shape index (κ2) is 14.1. The Morgan fingerprint density at radius 1 is 0.897 bits per heavy atom. The zero-order chi connectivity index (χ0) is 28.6. The summed E-state index contributed by atoms with van der Waals surface area (Å²) in [5.41, 5.74) is 1.29. The Morgan fingerprint density at radius 3 is 2.10 bits per heavy atom. The normalized spacial score (nSPS) is 12.3. The number of nitrogens with one attached hydrogen (secondary N) is 1. The first-order chi connectivity index (χ1) is 18.5. The lowest BCUT2D eigenvalue weighted by molar-refractivity contribution is -0.141. The molecule has 3 aromatic carbocycles. The van der Waals surface area contributed by atoms with E-state index in [1.807, 2.05) is 37.3 Å². The fraction of sp³-hybridized carbons (Fsp3) is 0.286. The SMILES string of the molecule is CCCNC(=O)[C@@H](Cc1ccccc1)N(Cc1c(Cl)cccc1Cl)C(=O)CN(C)S(=O)(=O)c1ccc(Cl)cc1. The number of amides is 2. The third-order valence-electron chi connectivity index (χ3n) is 6.09. The number of benzene rings is 3. The molecule has 0 aliphatic carbocycles. The molecule has 1 N–H and O–H groups in total. The molecule has 3 rings (SSSR count). The van der Waals surface area contributed by atoms with Crippen LogP contribution >= 0.6 is 34.8 Å². The molecule has 3 aromatic rings. The molecule has 7 nitrogen and oxygen atoms in total. The summed E-state index contributed by atoms with van der Waals surface area (Å²) in [7, 11) is -2.71. The van der Waals surface area contributed by atoms with Crippen molar-refractivity contribution >= 4 is 56.6 Å². The number of nitrogens with zero attached hydrogens (tertiary/aromatic N) is 2. The summed E-state index contributed by atoms with van der Waals surface area (Å²) in [6.07, 6.45) is 0.911. The summed E-state index contributed by atoms with van der Waals surface area (Å²) in [4.78, 5) is 28.6. The molecule has 0 saturated carbocycles. The third kappa shape index (κ3) is 8.19. The largest absolute Gasteiger partial charge is 0.354 e. The van der Waals surface area contributed by atoms with Crippen LogP contribution in [-0.4, -0.2) is 55.6 Å². The molecule has 2 amide bonds. The van der Waals surface area contributed by atoms with E-state index < -0.39 is 28.5 Å². The van der Waals surface area contributed by atoms with Gasteiger partial charge < -0.3 is 10.2 Å². The number of halogens is 3. The van der Waals surface area contributed by atoms with E-state index in [2.05, 4.69) is 5.32 Å². The summed E-state index contributed by atoms with van der Waals surface area (Å²) in [6.45, 7) is 1.74. The Hall–Kier alpha value is -2.62. The molecule has 0 fully saturated rings. The number of hydrogen-bond acceptors (Lipinski definition) is 4. The first kappa shape index (κ1) is 30.9. The lowest BCUT2D eigenvalue weighted by atomic mass is 10.0. The second-order valence-corrected chi connectivity index (χ2v) is 12.2. The van der Waals surface area contributed by atoms with E-state index >= 15 is 0 Å². The molecule has 0 heterocycles. The van der Waals surface area contributed by atoms with Gasteiger partial charge >= 0.3 is 0 Å². The summed E-state index contributed by atoms with van der Waals surface area (Å²) in [6, 6.07) is 19.0. The Kier molecular flexibility index (Phi) is 11.2. The Balaban J connectivity index is 2.00. The summed E-state index contributed by atoms with van der Waals surface area (Å²) < 4.78 is 27.3. The average molecular weight is 611 g/mol. The number of hydrogen-bond donors (Lipinski definition) is 1. The number of carbonyl (C=O) groups is 2. The highest BCUT2D eigenvalue weighted by Crippen LogP contribution is 2.27. The van der Waals surface area contributed by atoms with Crippen molar-refractivity contribution in [2.24, 2.45) is 0 Å². The smallest absolute Gasteiger partial charge is 0.243 e. The molecule has 0 spiro atoms. The van der Waals surface area contributed by atoms with Crippen LogP contribution in [0.25, 0.3) is 0 Å². The Morgan fingerprint density at radius 2 is 1.51 bits per heavy atom. The van der Waals surface area contributed by atoms with Gasteiger partial charge in [0.25, 0.3) is 0 Å². The molecular formula is C28H30Cl3N3O4S. The van der Waals surface area contributed by atoms with Gasteiger partial charge in [0.05, 0.1) is 11.4 Å². The van der Waals surface area contributed by atoms with Crippen molar-refractivity contribution in [2.45, 2.75) is 37.2 Å². The standard InChI is InChI=1S/C28H30Cl3N3O4S/c1-3-16-32-28(36)26(17-20-8-5-4-6-9-20)34(18-23-24(30)10-7-11-25(23)31)27(35)19-33(2)39(37,38)22-14-12-21(29)13-15-22/h4-15,26H,3,16-19H2,1-2H3,(H,32,36)/t26-/m1/s1. The molecule has 0 saturated heterocycles. The fourth-order valence-corrected chi connectivity index (χ4v) is 5.69. The highest BCUT2D eigenvalue weighted by Gasteiger charge is 2.33. The van der Waals surface area contributed by atoms with Crippen molar-refractivity contribution in [2.75, 3.05) is 20.1 Å². The zero-order valence-electron chi connectivity index (χ0n) is 21.6. The summed E-state index contributed by atoms with van der Waals surface area (Å²) in [5, 5.41) is 3.92. The fourth-order valence-electron chi connectivity index (χ4n) is 3.93. The predicted octanol–water partition coefficient (Wildman–Crippen LogP) is 5.43. The topological polar surface area (TPSA) is 86.8 Å². The van der Waals surface area contributed by atoms with Crippen molar-refractivity contribution in [1.29, 1.82) is 0 Å². The minimum atomic E-state index is -4.02. The quantitative estimate of drug-likeness (QED) is 0.296. The minimum Gasteiger partial charge on any atom is -0.354 e. The van der Waals surface area contributed by atoms with Crippen LogP contribution in [0.1, 0.15) is 24.5 Å². The molecule has 39 heavy (non-hydrogen) atoms. The summed E-state index contributed by atoms with van der Waals surface area (Å²) >= 11 is 18.8. The highest BCUT2D eigenvalue weighted by atomic mass is 35.5. The van der Waals surface area contributed by atoms with Gasteiger partial charge in [0.1, 0.15) is 6.04 Å². The van der Waals surface area contributed by atoms with Gasteiger partial charge in [-0.05, 0) is 48.4 Å². The maximum atomic E-state index is 13.9. The van der Waals surface area contributed by atoms with E-state index in [4.69, 9.17) is 34.8 Å². The van der Waals surface area contributed by atoms with E-state index in [1.165, 1.54) is 36.2 Å². The van der Waals surface area contributed by atoms with E-state index in [0.29, 0.717) is 33.6 Å². The second-order valence-electron chi connectivity index (χ2n) is 8.93. The molecular weight excluding hydrogens is 581 g/mol. The van der Waals surface area contributed by atoms with Gasteiger partial charge in [-0.15, -0.1) is 0 Å². The molecule has 0 radical (unpaired) electrons. The van der Waals surface area contributed by atoms with Crippen LogP contribution in [0, 0.1) is 0 Å². The van der Waals surface area contributed by atoms with Crippen LogP contribution < -0.4 is 5.32 Å². The van der Waals surface area contributed by atoms with Crippen LogP contribution in [0.15, 0.2) is 77.7 Å². The van der Waals surface area contributed by atoms with Crippen LogP contribution in [-0.2, 0) is 32.6 Å². The summed E-state index contributed by atoms with van der Waals surface area (Å²) in [5.74, 6) is -0.945. The maximum Gasteiger partial charge on any atom is 0.243 e. The van der Waals surface area contributed by atoms with Gasteiger partial charge in [-0.2, -0.15) is 4.31 Å². The minimum absolute atomic E-state index is 0.00979. The van der Waals surface area contributed by atoms with Crippen molar-refractivity contribution in [3.63, 3.8) is 0 Å². The van der Waals surface area contributed by atoms with Crippen LogP contribution in [0.5, 0.6) is 0 Å².